The van der Waals surface area contributed by atoms with Gasteiger partial charge in [-0.15, -0.1) is 11.3 Å². The number of carboxylic acid groups (broad SMARTS) is 1. The van der Waals surface area contributed by atoms with Crippen molar-refractivity contribution in [1.82, 2.24) is 50.8 Å². The van der Waals surface area contributed by atoms with Crippen molar-refractivity contribution in [2.75, 3.05) is 125 Å². The second kappa shape index (κ2) is 30.9. The predicted molar refractivity (Wildman–Crippen MR) is 326 cm³/mol. The molecule has 4 aliphatic rings. The maximum atomic E-state index is 14.3. The molecule has 4 aliphatic heterocycles. The first kappa shape index (κ1) is 64.8. The van der Waals surface area contributed by atoms with Crippen LogP contribution in [0.15, 0.2) is 60.1 Å². The number of fused-ring (bicyclic) bond motifs is 1. The zero-order valence-electron chi connectivity index (χ0n) is 48.6. The predicted octanol–water partition coefficient (Wildman–Crippen LogP) is 2.05. The minimum atomic E-state index is -3.42. The van der Waals surface area contributed by atoms with E-state index in [-0.39, 0.29) is 43.7 Å². The number of benzene rings is 2. The smallest absolute Gasteiger partial charge is 0.322 e. The maximum Gasteiger partial charge on any atom is 0.322 e. The molecule has 29 heteroatoms. The van der Waals surface area contributed by atoms with E-state index < -0.39 is 82.9 Å². The summed E-state index contributed by atoms with van der Waals surface area (Å²) in [5, 5.41) is 23.9. The Labute approximate surface area is 508 Å². The van der Waals surface area contributed by atoms with E-state index in [1.54, 1.807) is 34.2 Å². The van der Waals surface area contributed by atoms with Gasteiger partial charge in [0, 0.05) is 80.4 Å². The van der Waals surface area contributed by atoms with E-state index in [9.17, 15) is 46.8 Å². The standard InChI is InChI=1S/C57H77N13O13S3/c1-37(52(75)59-34-48(71)58-35-50(73)74)61-53(76)43(18-31-84-2)63-54(77)44-10-5-20-69(44)56(79)46-12-7-21-70(46)55(78)45-11-6-19-68(45)49(72)17-27-82-29-30-83-28-26-66-22-24-67(25-23-66)41-15-13-39(14-16-41)62-57-60-33-47-51(64-57)42(36-85-47)38-8-4-9-40(32-38)65-86(3,80)81/h4,8-9,13-16,32-33,36-37,43-46,65H,5-7,10-12,17-31,34-35H2,1-3H3,(H,58,71)(H,59,75)(H,61,76)(H,63,77)(H,73,74)(H,60,62,64). The van der Waals surface area contributed by atoms with Gasteiger partial charge in [0.05, 0.1) is 62.1 Å². The van der Waals surface area contributed by atoms with Crippen LogP contribution in [0.25, 0.3) is 21.3 Å². The first-order valence-corrected chi connectivity index (χ1v) is 33.1. The van der Waals surface area contributed by atoms with Gasteiger partial charge >= 0.3 is 5.97 Å². The first-order valence-electron chi connectivity index (χ1n) is 28.9. The number of anilines is 4. The largest absolute Gasteiger partial charge is 0.480 e. The van der Waals surface area contributed by atoms with Crippen LogP contribution >= 0.6 is 23.1 Å². The Kier molecular flexibility index (Phi) is 23.3. The Bertz CT molecular complexity index is 3170. The van der Waals surface area contributed by atoms with E-state index in [4.69, 9.17) is 19.6 Å². The van der Waals surface area contributed by atoms with Gasteiger partial charge in [-0.1, -0.05) is 12.1 Å². The Morgan fingerprint density at radius 3 is 2.12 bits per heavy atom. The molecule has 0 spiro atoms. The fourth-order valence-electron chi connectivity index (χ4n) is 11.0. The van der Waals surface area contributed by atoms with E-state index in [2.05, 4.69) is 58.2 Å². The van der Waals surface area contributed by atoms with Crippen LogP contribution in [-0.2, 0) is 57.9 Å². The second-order valence-corrected chi connectivity index (χ2v) is 25.2. The number of carbonyl (C=O) groups is 8. The van der Waals surface area contributed by atoms with Crippen molar-refractivity contribution < 1.29 is 61.4 Å². The first-order chi connectivity index (χ1) is 41.3. The average molecular weight is 1250 g/mol. The molecule has 6 heterocycles. The molecule has 4 fully saturated rings. The molecule has 5 atom stereocenters. The normalized spacial score (nSPS) is 18.8. The molecule has 2 aromatic carbocycles. The van der Waals surface area contributed by atoms with Crippen molar-refractivity contribution in [3.8, 4) is 11.1 Å². The number of thioether (sulfide) groups is 1. The van der Waals surface area contributed by atoms with Crippen molar-refractivity contribution in [2.45, 2.75) is 88.5 Å². The molecule has 8 rings (SSSR count). The SMILES string of the molecule is CSCCC(NC(=O)C1CCCN1C(=O)C1CCCN1C(=O)C1CCCN1C(=O)CCOCCOCCN1CCN(c2ccc(Nc3ncc4scc(-c5cccc(NS(C)(=O)=O)c5)c4n3)cc2)CC1)C(=O)NC(C)C(=O)NCC(=O)NCC(=O)O. The summed E-state index contributed by atoms with van der Waals surface area (Å²) >= 11 is 2.98. The summed E-state index contributed by atoms with van der Waals surface area (Å²) in [6.45, 7) is 6.94. The van der Waals surface area contributed by atoms with Crippen LogP contribution in [0.2, 0.25) is 0 Å². The molecule has 0 aliphatic carbocycles. The van der Waals surface area contributed by atoms with E-state index in [1.807, 2.05) is 29.8 Å². The number of nitrogens with one attached hydrogen (secondary N) is 6. The number of piperazine rings is 1. The highest BCUT2D eigenvalue weighted by atomic mass is 32.2. The summed E-state index contributed by atoms with van der Waals surface area (Å²) in [7, 11) is -3.42. The number of aromatic nitrogens is 2. The number of carboxylic acids is 1. The number of rotatable bonds is 29. The summed E-state index contributed by atoms with van der Waals surface area (Å²) in [4.78, 5) is 123. The van der Waals surface area contributed by atoms with Crippen LogP contribution in [0.3, 0.4) is 0 Å². The van der Waals surface area contributed by atoms with Gasteiger partial charge in [0.25, 0.3) is 0 Å². The second-order valence-electron chi connectivity index (χ2n) is 21.6. The Morgan fingerprint density at radius 1 is 0.767 bits per heavy atom. The van der Waals surface area contributed by atoms with Crippen LogP contribution in [-0.4, -0.2) is 231 Å². The van der Waals surface area contributed by atoms with E-state index in [0.717, 1.165) is 71.7 Å². The highest BCUT2D eigenvalue weighted by Gasteiger charge is 2.46. The van der Waals surface area contributed by atoms with E-state index in [0.29, 0.717) is 88.8 Å². The van der Waals surface area contributed by atoms with Gasteiger partial charge < -0.3 is 60.8 Å². The summed E-state index contributed by atoms with van der Waals surface area (Å²) in [6.07, 6.45) is 8.03. The number of nitrogens with zero attached hydrogens (tertiary/aromatic N) is 7. The third kappa shape index (κ3) is 18.0. The molecule has 7 N–H and O–H groups in total. The number of hydrogen-bond donors (Lipinski definition) is 7. The molecule has 7 amide bonds. The zero-order valence-corrected chi connectivity index (χ0v) is 51.1. The minimum absolute atomic E-state index is 0.0885. The third-order valence-corrected chi connectivity index (χ3v) is 17.6. The third-order valence-electron chi connectivity index (χ3n) is 15.4. The number of hydrogen-bond acceptors (Lipinski definition) is 19. The van der Waals surface area contributed by atoms with Crippen molar-refractivity contribution in [1.29, 1.82) is 0 Å². The number of thiophene rings is 1. The number of sulfonamides is 1. The lowest BCUT2D eigenvalue weighted by molar-refractivity contribution is -0.150. The Hall–Kier alpha value is -7.18. The lowest BCUT2D eigenvalue weighted by Crippen LogP contribution is -2.58. The van der Waals surface area contributed by atoms with Gasteiger partial charge in [0.15, 0.2) is 0 Å². The molecule has 0 radical (unpaired) electrons. The van der Waals surface area contributed by atoms with E-state index in [1.165, 1.54) is 34.9 Å². The molecular formula is C57H77N13O13S3. The van der Waals surface area contributed by atoms with Gasteiger partial charge in [0.1, 0.15) is 36.8 Å². The number of carbonyl (C=O) groups excluding carboxylic acids is 7. The Morgan fingerprint density at radius 2 is 1.43 bits per heavy atom. The van der Waals surface area contributed by atoms with Gasteiger partial charge in [0.2, 0.25) is 57.3 Å². The van der Waals surface area contributed by atoms with Crippen molar-refractivity contribution in [2.24, 2.45) is 0 Å². The zero-order chi connectivity index (χ0) is 61.3. The average Bonchev–Trinajstić information content (AvgIpc) is 2.53. The highest BCUT2D eigenvalue weighted by molar-refractivity contribution is 7.98. The molecular weight excluding hydrogens is 1170 g/mol. The number of amides is 7. The number of aliphatic carboxylic acids is 1. The van der Waals surface area contributed by atoms with Crippen LogP contribution < -0.4 is 36.2 Å². The molecule has 0 saturated carbocycles. The minimum Gasteiger partial charge on any atom is -0.480 e. The van der Waals surface area contributed by atoms with Crippen LogP contribution in [0.5, 0.6) is 0 Å². The van der Waals surface area contributed by atoms with Crippen LogP contribution in [0.1, 0.15) is 58.3 Å². The topological polar surface area (TPSA) is 324 Å². The molecule has 0 bridgehead atoms. The van der Waals surface area contributed by atoms with Crippen LogP contribution in [0, 0.1) is 0 Å². The lowest BCUT2D eigenvalue weighted by atomic mass is 10.1. The molecule has 2 aromatic heterocycles. The number of likely N-dealkylation sites (tertiary alicyclic amines) is 3. The van der Waals surface area contributed by atoms with Crippen LogP contribution in [0.4, 0.5) is 23.0 Å². The summed E-state index contributed by atoms with van der Waals surface area (Å²) in [6, 6.07) is 10.8. The fourth-order valence-corrected chi connectivity index (χ4v) is 12.9. The monoisotopic (exact) mass is 1250 g/mol. The fraction of sp³-hybridized carbons (Fsp3) is 0.544. The van der Waals surface area contributed by atoms with Gasteiger partial charge in [-0.25, -0.2) is 18.4 Å². The molecule has 86 heavy (non-hydrogen) atoms. The van der Waals surface area contributed by atoms with E-state index >= 15 is 0 Å². The van der Waals surface area contributed by atoms with Gasteiger partial charge in [-0.05, 0) is 106 Å². The van der Waals surface area contributed by atoms with Gasteiger partial charge in [-0.3, -0.25) is 48.0 Å². The van der Waals surface area contributed by atoms with Crippen molar-refractivity contribution >= 4 is 114 Å². The quantitative estimate of drug-likeness (QED) is 0.0383. The highest BCUT2D eigenvalue weighted by Crippen LogP contribution is 2.35. The molecule has 26 nitrogen and oxygen atoms in total. The molecule has 4 saturated heterocycles. The van der Waals surface area contributed by atoms with Gasteiger partial charge in [-0.2, -0.15) is 11.8 Å². The molecule has 5 unspecified atom stereocenters. The lowest BCUT2D eigenvalue weighted by Gasteiger charge is -2.36. The number of ether oxygens (including phenoxy) is 2. The molecule has 4 aromatic rings. The summed E-state index contributed by atoms with van der Waals surface area (Å²) in [5.41, 5.74) is 4.93. The summed E-state index contributed by atoms with van der Waals surface area (Å²) < 4.78 is 38.8. The van der Waals surface area contributed by atoms with Crippen molar-refractivity contribution in [3.63, 3.8) is 0 Å². The summed E-state index contributed by atoms with van der Waals surface area (Å²) in [5.74, 6) is -3.74. The molecule has 466 valence electrons. The maximum absolute atomic E-state index is 14.3. The van der Waals surface area contributed by atoms with Crippen molar-refractivity contribution in [3.05, 3.63) is 60.1 Å². The Balaban J connectivity index is 0.709.